The quantitative estimate of drug-likeness (QED) is 0.785. The van der Waals surface area contributed by atoms with Gasteiger partial charge < -0.3 is 15.0 Å². The molecule has 0 aromatic heterocycles. The first kappa shape index (κ1) is 22.3. The second-order valence-electron chi connectivity index (χ2n) is 9.13. The minimum Gasteiger partial charge on any atom is -0.485 e. The molecule has 170 valence electrons. The van der Waals surface area contributed by atoms with Crippen molar-refractivity contribution in [2.75, 3.05) is 32.7 Å². The molecular weight excluding hydrogens is 402 g/mol. The molecule has 32 heavy (non-hydrogen) atoms. The van der Waals surface area contributed by atoms with Crippen LogP contribution in [0.15, 0.2) is 48.5 Å². The Hall–Kier alpha value is -2.86. The van der Waals surface area contributed by atoms with E-state index in [9.17, 15) is 9.59 Å². The zero-order valence-electron chi connectivity index (χ0n) is 19.1. The third-order valence-corrected chi connectivity index (χ3v) is 6.54. The van der Waals surface area contributed by atoms with Crippen molar-refractivity contribution in [3.63, 3.8) is 0 Å². The van der Waals surface area contributed by atoms with E-state index in [-0.39, 0.29) is 11.8 Å². The molecule has 2 aromatic carbocycles. The minimum atomic E-state index is -0.396. The third kappa shape index (κ3) is 5.49. The molecule has 1 saturated heterocycles. The van der Waals surface area contributed by atoms with E-state index >= 15 is 0 Å². The first-order valence-electron chi connectivity index (χ1n) is 11.5. The smallest absolute Gasteiger partial charge is 0.234 e. The standard InChI is InChI=1S/C26H33N3O3/c1-20-8-9-24-23(16-20)17-29(21(2)30)19-26(32-24)11-14-28(15-12-26)18-25(31)27-13-10-22-6-4-3-5-7-22/h3-9,16H,10-15,17-19H2,1-2H3,(H,27,31). The molecule has 0 saturated carbocycles. The molecule has 0 aliphatic carbocycles. The lowest BCUT2D eigenvalue weighted by Crippen LogP contribution is -2.55. The summed E-state index contributed by atoms with van der Waals surface area (Å²) in [5.41, 5.74) is 3.06. The van der Waals surface area contributed by atoms with Crippen molar-refractivity contribution in [1.29, 1.82) is 0 Å². The van der Waals surface area contributed by atoms with Gasteiger partial charge in [-0.15, -0.1) is 0 Å². The monoisotopic (exact) mass is 435 g/mol. The zero-order chi connectivity index (χ0) is 22.6. The number of aryl methyl sites for hydroxylation is 1. The molecule has 2 amide bonds. The number of hydrogen-bond acceptors (Lipinski definition) is 4. The highest BCUT2D eigenvalue weighted by molar-refractivity contribution is 5.78. The van der Waals surface area contributed by atoms with Gasteiger partial charge in [0.25, 0.3) is 0 Å². The van der Waals surface area contributed by atoms with E-state index < -0.39 is 5.60 Å². The number of amides is 2. The summed E-state index contributed by atoms with van der Waals surface area (Å²) < 4.78 is 6.57. The minimum absolute atomic E-state index is 0.0600. The van der Waals surface area contributed by atoms with E-state index in [1.807, 2.05) is 29.2 Å². The van der Waals surface area contributed by atoms with Crippen LogP contribution < -0.4 is 10.1 Å². The Morgan fingerprint density at radius 3 is 2.56 bits per heavy atom. The van der Waals surface area contributed by atoms with Crippen LogP contribution in [0, 0.1) is 6.92 Å². The second-order valence-corrected chi connectivity index (χ2v) is 9.13. The maximum absolute atomic E-state index is 12.4. The Labute approximate surface area is 190 Å². The maximum Gasteiger partial charge on any atom is 0.234 e. The molecule has 2 aliphatic heterocycles. The number of rotatable bonds is 5. The van der Waals surface area contributed by atoms with Crippen LogP contribution in [0.1, 0.15) is 36.5 Å². The lowest BCUT2D eigenvalue weighted by atomic mass is 9.90. The number of carbonyl (C=O) groups is 2. The van der Waals surface area contributed by atoms with Gasteiger partial charge >= 0.3 is 0 Å². The highest BCUT2D eigenvalue weighted by Gasteiger charge is 2.41. The summed E-state index contributed by atoms with van der Waals surface area (Å²) in [6.07, 6.45) is 2.42. The molecule has 6 heteroatoms. The number of hydrogen-bond donors (Lipinski definition) is 1. The van der Waals surface area contributed by atoms with Crippen molar-refractivity contribution in [3.05, 3.63) is 65.2 Å². The van der Waals surface area contributed by atoms with Crippen LogP contribution in [0.5, 0.6) is 5.75 Å². The van der Waals surface area contributed by atoms with Gasteiger partial charge in [0.15, 0.2) is 0 Å². The molecule has 1 fully saturated rings. The molecule has 2 aliphatic rings. The fraction of sp³-hybridized carbons (Fsp3) is 0.462. The summed E-state index contributed by atoms with van der Waals surface area (Å²) in [6, 6.07) is 16.4. The predicted molar refractivity (Wildman–Crippen MR) is 124 cm³/mol. The molecule has 1 spiro atoms. The van der Waals surface area contributed by atoms with Crippen LogP contribution >= 0.6 is 0 Å². The Bertz CT molecular complexity index is 952. The fourth-order valence-electron chi connectivity index (χ4n) is 4.66. The highest BCUT2D eigenvalue weighted by Crippen LogP contribution is 2.36. The number of fused-ring (bicyclic) bond motifs is 1. The number of carbonyl (C=O) groups excluding carboxylic acids is 2. The van der Waals surface area contributed by atoms with Crippen molar-refractivity contribution < 1.29 is 14.3 Å². The number of piperidine rings is 1. The number of nitrogens with zero attached hydrogens (tertiary/aromatic N) is 2. The van der Waals surface area contributed by atoms with Crippen LogP contribution in [-0.4, -0.2) is 59.9 Å². The summed E-state index contributed by atoms with van der Waals surface area (Å²) in [6.45, 7) is 7.46. The molecule has 4 rings (SSSR count). The molecule has 0 bridgehead atoms. The van der Waals surface area contributed by atoms with E-state index in [4.69, 9.17) is 4.74 Å². The van der Waals surface area contributed by atoms with Gasteiger partial charge in [0.2, 0.25) is 11.8 Å². The summed E-state index contributed by atoms with van der Waals surface area (Å²) in [4.78, 5) is 28.8. The van der Waals surface area contributed by atoms with E-state index in [1.165, 1.54) is 11.1 Å². The van der Waals surface area contributed by atoms with Crippen molar-refractivity contribution in [2.45, 2.75) is 45.3 Å². The topological polar surface area (TPSA) is 61.9 Å². The van der Waals surface area contributed by atoms with Gasteiger partial charge in [-0.25, -0.2) is 0 Å². The fourth-order valence-corrected chi connectivity index (χ4v) is 4.66. The second kappa shape index (κ2) is 9.74. The van der Waals surface area contributed by atoms with Crippen LogP contribution in [0.2, 0.25) is 0 Å². The molecule has 0 unspecified atom stereocenters. The molecule has 1 N–H and O–H groups in total. The van der Waals surface area contributed by atoms with Crippen LogP contribution in [0.4, 0.5) is 0 Å². The normalized spacial score (nSPS) is 17.9. The van der Waals surface area contributed by atoms with E-state index in [0.29, 0.717) is 26.2 Å². The summed E-state index contributed by atoms with van der Waals surface area (Å²) in [7, 11) is 0. The lowest BCUT2D eigenvalue weighted by Gasteiger charge is -2.42. The van der Waals surface area contributed by atoms with Gasteiger partial charge in [-0.3, -0.25) is 14.5 Å². The van der Waals surface area contributed by atoms with Crippen molar-refractivity contribution in [1.82, 2.24) is 15.1 Å². The Morgan fingerprint density at radius 1 is 1.09 bits per heavy atom. The van der Waals surface area contributed by atoms with E-state index in [2.05, 4.69) is 41.4 Å². The van der Waals surface area contributed by atoms with Crippen molar-refractivity contribution in [2.24, 2.45) is 0 Å². The first-order chi connectivity index (χ1) is 15.4. The van der Waals surface area contributed by atoms with Crippen molar-refractivity contribution in [3.8, 4) is 5.75 Å². The summed E-state index contributed by atoms with van der Waals surface area (Å²) >= 11 is 0. The first-order valence-corrected chi connectivity index (χ1v) is 11.5. The van der Waals surface area contributed by atoms with E-state index in [1.54, 1.807) is 6.92 Å². The average Bonchev–Trinajstić information content (AvgIpc) is 2.93. The molecule has 0 atom stereocenters. The lowest BCUT2D eigenvalue weighted by molar-refractivity contribution is -0.133. The van der Waals surface area contributed by atoms with Gasteiger partial charge in [0.05, 0.1) is 13.1 Å². The highest BCUT2D eigenvalue weighted by atomic mass is 16.5. The van der Waals surface area contributed by atoms with Crippen molar-refractivity contribution >= 4 is 11.8 Å². The van der Waals surface area contributed by atoms with Gasteiger partial charge in [-0.1, -0.05) is 48.0 Å². The van der Waals surface area contributed by atoms with Crippen LogP contribution in [0.25, 0.3) is 0 Å². The molecule has 2 aromatic rings. The van der Waals surface area contributed by atoms with E-state index in [0.717, 1.165) is 43.7 Å². The Balaban J connectivity index is 1.32. The van der Waals surface area contributed by atoms with Gasteiger partial charge in [-0.05, 0) is 25.0 Å². The molecule has 0 radical (unpaired) electrons. The number of nitrogens with one attached hydrogen (secondary N) is 1. The number of likely N-dealkylation sites (tertiary alicyclic amines) is 1. The number of ether oxygens (including phenoxy) is 1. The zero-order valence-corrected chi connectivity index (χ0v) is 19.1. The van der Waals surface area contributed by atoms with Gasteiger partial charge in [0, 0.05) is 51.5 Å². The Kier molecular flexibility index (Phi) is 6.80. The largest absolute Gasteiger partial charge is 0.485 e. The maximum atomic E-state index is 12.4. The SMILES string of the molecule is CC(=O)N1Cc2cc(C)ccc2OC2(CCN(CC(=O)NCCc3ccccc3)CC2)C1. The number of benzene rings is 2. The molecule has 6 nitrogen and oxygen atoms in total. The van der Waals surface area contributed by atoms with Crippen LogP contribution in [-0.2, 0) is 22.6 Å². The van der Waals surface area contributed by atoms with Gasteiger partial charge in [-0.2, -0.15) is 0 Å². The summed E-state index contributed by atoms with van der Waals surface area (Å²) in [5.74, 6) is 1.01. The van der Waals surface area contributed by atoms with Gasteiger partial charge in [0.1, 0.15) is 11.4 Å². The predicted octanol–water partition coefficient (Wildman–Crippen LogP) is 2.93. The molecular formula is C26H33N3O3. The Morgan fingerprint density at radius 2 is 1.84 bits per heavy atom. The molecule has 2 heterocycles. The third-order valence-electron chi connectivity index (χ3n) is 6.54. The summed E-state index contributed by atoms with van der Waals surface area (Å²) in [5, 5.41) is 3.04. The van der Waals surface area contributed by atoms with Crippen LogP contribution in [0.3, 0.4) is 0 Å². The average molecular weight is 436 g/mol.